The number of amides is 2. The van der Waals surface area contributed by atoms with Crippen LogP contribution < -0.4 is 19.7 Å². The summed E-state index contributed by atoms with van der Waals surface area (Å²) in [6.07, 6.45) is 1.87. The summed E-state index contributed by atoms with van der Waals surface area (Å²) in [5, 5.41) is 2.99. The van der Waals surface area contributed by atoms with Crippen molar-refractivity contribution in [2.75, 3.05) is 25.7 Å². The van der Waals surface area contributed by atoms with Crippen molar-refractivity contribution in [3.63, 3.8) is 0 Å². The third-order valence-electron chi connectivity index (χ3n) is 4.18. The average molecular weight is 370 g/mol. The topological polar surface area (TPSA) is 67.9 Å². The number of imide groups is 1. The second kappa shape index (κ2) is 7.90. The summed E-state index contributed by atoms with van der Waals surface area (Å²) in [5.41, 5.74) is 1.54. The van der Waals surface area contributed by atoms with Gasteiger partial charge in [-0.1, -0.05) is 6.07 Å². The Morgan fingerprint density at radius 2 is 1.70 bits per heavy atom. The number of methoxy groups -OCH3 is 2. The smallest absolute Gasteiger partial charge is 0.281 e. The number of nitrogens with one attached hydrogen (secondary N) is 1. The molecule has 0 unspecified atom stereocenters. The fourth-order valence-corrected chi connectivity index (χ4v) is 2.81. The lowest BCUT2D eigenvalue weighted by Gasteiger charge is -2.15. The normalized spacial score (nSPS) is 13.6. The van der Waals surface area contributed by atoms with Gasteiger partial charge in [0.2, 0.25) is 0 Å². The van der Waals surface area contributed by atoms with Gasteiger partial charge in [0, 0.05) is 12.6 Å². The molecule has 1 N–H and O–H groups in total. The van der Waals surface area contributed by atoms with Gasteiger partial charge in [-0.15, -0.1) is 0 Å². The second-order valence-corrected chi connectivity index (χ2v) is 5.88. The van der Waals surface area contributed by atoms with E-state index in [0.717, 1.165) is 10.5 Å². The summed E-state index contributed by atoms with van der Waals surface area (Å²) < 4.78 is 23.5. The summed E-state index contributed by atoms with van der Waals surface area (Å²) in [6, 6.07) is 10.8. The molecule has 0 fully saturated rings. The van der Waals surface area contributed by atoms with Gasteiger partial charge in [0.05, 0.1) is 19.9 Å². The molecule has 0 bridgehead atoms. The van der Waals surface area contributed by atoms with Gasteiger partial charge >= 0.3 is 0 Å². The van der Waals surface area contributed by atoms with Crippen molar-refractivity contribution < 1.29 is 23.5 Å². The van der Waals surface area contributed by atoms with Gasteiger partial charge in [0.1, 0.15) is 11.5 Å². The summed E-state index contributed by atoms with van der Waals surface area (Å²) in [6.45, 7) is 0.456. The lowest BCUT2D eigenvalue weighted by Crippen LogP contribution is -2.33. The van der Waals surface area contributed by atoms with Crippen molar-refractivity contribution in [1.82, 2.24) is 5.32 Å². The Labute approximate surface area is 156 Å². The van der Waals surface area contributed by atoms with Crippen LogP contribution in [0.4, 0.5) is 10.1 Å². The van der Waals surface area contributed by atoms with E-state index in [2.05, 4.69) is 5.32 Å². The molecule has 2 amide bonds. The molecular formula is C20H19FN2O4. The number of benzene rings is 2. The van der Waals surface area contributed by atoms with Crippen LogP contribution in [0.1, 0.15) is 5.56 Å². The maximum absolute atomic E-state index is 13.0. The number of halogens is 1. The minimum absolute atomic E-state index is 0.213. The van der Waals surface area contributed by atoms with Gasteiger partial charge in [-0.05, 0) is 48.4 Å². The van der Waals surface area contributed by atoms with Crippen LogP contribution in [0.5, 0.6) is 11.5 Å². The molecule has 1 aliphatic heterocycles. The van der Waals surface area contributed by atoms with E-state index < -0.39 is 17.6 Å². The highest BCUT2D eigenvalue weighted by atomic mass is 19.1. The molecule has 140 valence electrons. The Morgan fingerprint density at radius 3 is 2.37 bits per heavy atom. The van der Waals surface area contributed by atoms with E-state index in [1.165, 1.54) is 30.3 Å². The van der Waals surface area contributed by atoms with E-state index >= 15 is 0 Å². The molecule has 3 rings (SSSR count). The van der Waals surface area contributed by atoms with Crippen LogP contribution in [0.25, 0.3) is 0 Å². The van der Waals surface area contributed by atoms with Gasteiger partial charge in [0.25, 0.3) is 11.8 Å². The Bertz CT molecular complexity index is 893. The van der Waals surface area contributed by atoms with E-state index in [-0.39, 0.29) is 5.70 Å². The van der Waals surface area contributed by atoms with E-state index in [9.17, 15) is 14.0 Å². The standard InChI is InChI=1S/C20H19FN2O4/c1-26-17-8-3-13(11-18(17)27-2)9-10-22-16-12-19(24)23(20(16)25)15-6-4-14(21)5-7-15/h3-8,11-12,22H,9-10H2,1-2H3. The number of hydrogen-bond donors (Lipinski definition) is 1. The molecule has 2 aromatic carbocycles. The van der Waals surface area contributed by atoms with Crippen molar-refractivity contribution in [2.24, 2.45) is 0 Å². The molecule has 1 heterocycles. The number of nitrogens with zero attached hydrogens (tertiary/aromatic N) is 1. The monoisotopic (exact) mass is 370 g/mol. The summed E-state index contributed by atoms with van der Waals surface area (Å²) in [5.74, 6) is -0.0783. The molecule has 0 spiro atoms. The number of carbonyl (C=O) groups excluding carboxylic acids is 2. The van der Waals surface area contributed by atoms with Gasteiger partial charge in [-0.2, -0.15) is 0 Å². The van der Waals surface area contributed by atoms with Gasteiger partial charge in [0.15, 0.2) is 11.5 Å². The van der Waals surface area contributed by atoms with Crippen LogP contribution in [-0.2, 0) is 16.0 Å². The van der Waals surface area contributed by atoms with Crippen molar-refractivity contribution >= 4 is 17.5 Å². The number of carbonyl (C=O) groups is 2. The second-order valence-electron chi connectivity index (χ2n) is 5.88. The minimum atomic E-state index is -0.459. The zero-order chi connectivity index (χ0) is 19.4. The molecule has 0 aliphatic carbocycles. The molecule has 1 aliphatic rings. The molecular weight excluding hydrogens is 351 g/mol. The predicted octanol–water partition coefficient (Wildman–Crippen LogP) is 2.43. The Morgan fingerprint density at radius 1 is 1.00 bits per heavy atom. The Balaban J connectivity index is 1.62. The zero-order valence-electron chi connectivity index (χ0n) is 15.0. The number of rotatable bonds is 7. The molecule has 2 aromatic rings. The first-order chi connectivity index (χ1) is 13.0. The fourth-order valence-electron chi connectivity index (χ4n) is 2.81. The van der Waals surface area contributed by atoms with Crippen molar-refractivity contribution in [3.05, 3.63) is 65.6 Å². The molecule has 0 aromatic heterocycles. The highest BCUT2D eigenvalue weighted by Gasteiger charge is 2.32. The molecule has 6 nitrogen and oxygen atoms in total. The summed E-state index contributed by atoms with van der Waals surface area (Å²) >= 11 is 0. The molecule has 0 radical (unpaired) electrons. The van der Waals surface area contributed by atoms with Crippen LogP contribution in [-0.4, -0.2) is 32.6 Å². The molecule has 0 saturated carbocycles. The third kappa shape index (κ3) is 3.92. The first-order valence-electron chi connectivity index (χ1n) is 8.34. The van der Waals surface area contributed by atoms with Crippen LogP contribution in [0.3, 0.4) is 0 Å². The van der Waals surface area contributed by atoms with Crippen molar-refractivity contribution in [3.8, 4) is 11.5 Å². The lowest BCUT2D eigenvalue weighted by atomic mass is 10.1. The van der Waals surface area contributed by atoms with Gasteiger partial charge in [-0.3, -0.25) is 9.59 Å². The van der Waals surface area contributed by atoms with E-state index in [1.54, 1.807) is 14.2 Å². The Kier molecular flexibility index (Phi) is 5.40. The highest BCUT2D eigenvalue weighted by Crippen LogP contribution is 2.27. The summed E-state index contributed by atoms with van der Waals surface area (Å²) in [7, 11) is 3.14. The number of ether oxygens (including phenoxy) is 2. The quantitative estimate of drug-likeness (QED) is 0.759. The van der Waals surface area contributed by atoms with Crippen LogP contribution in [0.2, 0.25) is 0 Å². The molecule has 0 saturated heterocycles. The van der Waals surface area contributed by atoms with Crippen LogP contribution >= 0.6 is 0 Å². The zero-order valence-corrected chi connectivity index (χ0v) is 15.0. The fraction of sp³-hybridized carbons (Fsp3) is 0.200. The lowest BCUT2D eigenvalue weighted by molar-refractivity contribution is -0.120. The first-order valence-corrected chi connectivity index (χ1v) is 8.34. The van der Waals surface area contributed by atoms with E-state index in [0.29, 0.717) is 30.2 Å². The van der Waals surface area contributed by atoms with Crippen molar-refractivity contribution in [1.29, 1.82) is 0 Å². The summed E-state index contributed by atoms with van der Waals surface area (Å²) in [4.78, 5) is 25.6. The maximum atomic E-state index is 13.0. The molecule has 27 heavy (non-hydrogen) atoms. The minimum Gasteiger partial charge on any atom is -0.493 e. The van der Waals surface area contributed by atoms with Crippen LogP contribution in [0.15, 0.2) is 54.2 Å². The van der Waals surface area contributed by atoms with Crippen LogP contribution in [0, 0.1) is 5.82 Å². The van der Waals surface area contributed by atoms with E-state index in [4.69, 9.17) is 9.47 Å². The SMILES string of the molecule is COc1ccc(CCNC2=CC(=O)N(c3ccc(F)cc3)C2=O)cc1OC. The maximum Gasteiger partial charge on any atom is 0.281 e. The first kappa shape index (κ1) is 18.4. The number of anilines is 1. The third-order valence-corrected chi connectivity index (χ3v) is 4.18. The van der Waals surface area contributed by atoms with Gasteiger partial charge in [-0.25, -0.2) is 9.29 Å². The molecule has 0 atom stereocenters. The highest BCUT2D eigenvalue weighted by molar-refractivity contribution is 6.30. The Hall–Kier alpha value is -3.35. The van der Waals surface area contributed by atoms with Gasteiger partial charge < -0.3 is 14.8 Å². The predicted molar refractivity (Wildman–Crippen MR) is 98.2 cm³/mol. The largest absolute Gasteiger partial charge is 0.493 e. The number of hydrogen-bond acceptors (Lipinski definition) is 5. The molecule has 7 heteroatoms. The average Bonchev–Trinajstić information content (AvgIpc) is 2.96. The van der Waals surface area contributed by atoms with Crippen molar-refractivity contribution in [2.45, 2.75) is 6.42 Å². The van der Waals surface area contributed by atoms with E-state index in [1.807, 2.05) is 18.2 Å².